The van der Waals surface area contributed by atoms with Crippen molar-refractivity contribution in [3.63, 3.8) is 0 Å². The number of hydrogen-bond acceptors (Lipinski definition) is 7. The molecule has 4 rings (SSSR count). The van der Waals surface area contributed by atoms with Gasteiger partial charge in [-0.1, -0.05) is 29.4 Å². The number of thiazole rings is 1. The third kappa shape index (κ3) is 6.65. The van der Waals surface area contributed by atoms with E-state index in [2.05, 4.69) is 15.2 Å². The van der Waals surface area contributed by atoms with Crippen LogP contribution >= 0.6 is 34.7 Å². The zero-order chi connectivity index (χ0) is 23.9. The number of nitrogens with zero attached hydrogens (tertiary/aromatic N) is 3. The molecule has 0 spiro atoms. The van der Waals surface area contributed by atoms with Gasteiger partial charge in [0.1, 0.15) is 5.75 Å². The number of amides is 2. The first-order valence-corrected chi connectivity index (χ1v) is 13.0. The third-order valence-corrected chi connectivity index (χ3v) is 7.67. The monoisotopic (exact) mass is 516 g/mol. The molecule has 3 aromatic rings. The highest BCUT2D eigenvalue weighted by molar-refractivity contribution is 8.01. The summed E-state index contributed by atoms with van der Waals surface area (Å²) in [5.41, 5.74) is 2.54. The van der Waals surface area contributed by atoms with Crippen molar-refractivity contribution in [1.82, 2.24) is 9.88 Å². The van der Waals surface area contributed by atoms with Crippen LogP contribution in [0, 0.1) is 0 Å². The van der Waals surface area contributed by atoms with Crippen molar-refractivity contribution in [3.8, 4) is 5.75 Å². The first-order valence-electron chi connectivity index (χ1n) is 10.8. The van der Waals surface area contributed by atoms with E-state index >= 15 is 0 Å². The molecule has 2 amide bonds. The van der Waals surface area contributed by atoms with Crippen molar-refractivity contribution >= 4 is 57.9 Å². The minimum absolute atomic E-state index is 0.0739. The quantitative estimate of drug-likeness (QED) is 0.446. The summed E-state index contributed by atoms with van der Waals surface area (Å²) in [6, 6.07) is 15.0. The van der Waals surface area contributed by atoms with Gasteiger partial charge in [0.25, 0.3) is 0 Å². The Hall–Kier alpha value is -2.75. The molecule has 10 heteroatoms. The second kappa shape index (κ2) is 11.6. The molecule has 1 fully saturated rings. The summed E-state index contributed by atoms with van der Waals surface area (Å²) >= 11 is 8.92. The van der Waals surface area contributed by atoms with Gasteiger partial charge in [0.15, 0.2) is 4.34 Å². The summed E-state index contributed by atoms with van der Waals surface area (Å²) in [4.78, 5) is 33.6. The Morgan fingerprint density at radius 2 is 1.91 bits per heavy atom. The largest absolute Gasteiger partial charge is 0.497 e. The Bertz CT molecular complexity index is 1130. The Morgan fingerprint density at radius 1 is 1.15 bits per heavy atom. The van der Waals surface area contributed by atoms with Crippen molar-refractivity contribution < 1.29 is 14.3 Å². The van der Waals surface area contributed by atoms with Gasteiger partial charge in [-0.3, -0.25) is 9.59 Å². The number of anilines is 2. The normalized spacial score (nSPS) is 13.6. The number of halogens is 1. The van der Waals surface area contributed by atoms with Gasteiger partial charge >= 0.3 is 0 Å². The Labute approximate surface area is 212 Å². The van der Waals surface area contributed by atoms with E-state index in [1.165, 1.54) is 23.1 Å². The van der Waals surface area contributed by atoms with E-state index in [0.29, 0.717) is 23.8 Å². The Morgan fingerprint density at radius 3 is 2.62 bits per heavy atom. The van der Waals surface area contributed by atoms with Crippen LogP contribution in [-0.4, -0.2) is 60.7 Å². The lowest BCUT2D eigenvalue weighted by atomic mass is 10.2. The summed E-state index contributed by atoms with van der Waals surface area (Å²) in [5.74, 6) is 0.948. The van der Waals surface area contributed by atoms with Crippen LogP contribution in [0.5, 0.6) is 5.75 Å². The van der Waals surface area contributed by atoms with Crippen LogP contribution in [0.3, 0.4) is 0 Å². The summed E-state index contributed by atoms with van der Waals surface area (Å²) in [6.07, 6.45) is 0.270. The first-order chi connectivity index (χ1) is 16.5. The average Bonchev–Trinajstić information content (AvgIpc) is 3.30. The lowest BCUT2D eigenvalue weighted by Gasteiger charge is -2.36. The van der Waals surface area contributed by atoms with Gasteiger partial charge in [-0.15, -0.1) is 11.3 Å². The highest BCUT2D eigenvalue weighted by Gasteiger charge is 2.22. The summed E-state index contributed by atoms with van der Waals surface area (Å²) < 4.78 is 5.89. The first kappa shape index (κ1) is 24.4. The topological polar surface area (TPSA) is 74.8 Å². The van der Waals surface area contributed by atoms with Crippen LogP contribution < -0.4 is 15.0 Å². The van der Waals surface area contributed by atoms with Crippen LogP contribution in [0.1, 0.15) is 5.69 Å². The molecule has 0 unspecified atom stereocenters. The fourth-order valence-electron chi connectivity index (χ4n) is 3.59. The summed E-state index contributed by atoms with van der Waals surface area (Å²) in [6.45, 7) is 2.88. The average molecular weight is 517 g/mol. The molecule has 34 heavy (non-hydrogen) atoms. The number of rotatable bonds is 8. The number of carbonyl (C=O) groups excluding carboxylic acids is 2. The van der Waals surface area contributed by atoms with Crippen LogP contribution in [0.4, 0.5) is 11.4 Å². The molecule has 0 radical (unpaired) electrons. The van der Waals surface area contributed by atoms with Gasteiger partial charge in [0.05, 0.1) is 25.0 Å². The molecule has 178 valence electrons. The number of benzene rings is 2. The maximum absolute atomic E-state index is 12.8. The SMILES string of the molecule is COc1ccc(NC(=O)CSc2nc(CC(=O)N3CCN(c4cccc(Cl)c4)CC3)cs2)cc1. The lowest BCUT2D eigenvalue weighted by Crippen LogP contribution is -2.49. The maximum atomic E-state index is 12.8. The smallest absolute Gasteiger partial charge is 0.234 e. The molecule has 0 saturated carbocycles. The standard InChI is InChI=1S/C24H25ClN4O3S2/c1-32-21-7-5-18(6-8-21)26-22(30)16-34-24-27-19(15-33-24)14-23(31)29-11-9-28(10-12-29)20-4-2-3-17(25)13-20/h2-8,13,15H,9-12,14,16H2,1H3,(H,26,30). The van der Waals surface area contributed by atoms with Crippen LogP contribution in [-0.2, 0) is 16.0 Å². The number of carbonyl (C=O) groups is 2. The van der Waals surface area contributed by atoms with E-state index in [1.54, 1.807) is 31.4 Å². The number of aromatic nitrogens is 1. The number of piperazine rings is 1. The zero-order valence-electron chi connectivity index (χ0n) is 18.7. The van der Waals surface area contributed by atoms with Crippen molar-refractivity contribution in [2.45, 2.75) is 10.8 Å². The predicted molar refractivity (Wildman–Crippen MR) is 138 cm³/mol. The Balaban J connectivity index is 1.21. The minimum atomic E-state index is -0.111. The molecule has 0 bridgehead atoms. The van der Waals surface area contributed by atoms with Crippen LogP contribution in [0.2, 0.25) is 5.02 Å². The van der Waals surface area contributed by atoms with Crippen LogP contribution in [0.15, 0.2) is 58.3 Å². The van der Waals surface area contributed by atoms with E-state index in [9.17, 15) is 9.59 Å². The van der Waals surface area contributed by atoms with E-state index in [0.717, 1.165) is 34.6 Å². The lowest BCUT2D eigenvalue weighted by molar-refractivity contribution is -0.130. The molecular weight excluding hydrogens is 492 g/mol. The molecule has 7 nitrogen and oxygen atoms in total. The number of hydrogen-bond donors (Lipinski definition) is 1. The molecule has 1 saturated heterocycles. The second-order valence-electron chi connectivity index (χ2n) is 7.69. The van der Waals surface area contributed by atoms with E-state index in [4.69, 9.17) is 16.3 Å². The highest BCUT2D eigenvalue weighted by Crippen LogP contribution is 2.24. The molecule has 0 atom stereocenters. The van der Waals surface area contributed by atoms with Gasteiger partial charge in [-0.2, -0.15) is 0 Å². The predicted octanol–water partition coefficient (Wildman–Crippen LogP) is 4.43. The van der Waals surface area contributed by atoms with E-state index < -0.39 is 0 Å². The van der Waals surface area contributed by atoms with Gasteiger partial charge in [-0.05, 0) is 42.5 Å². The zero-order valence-corrected chi connectivity index (χ0v) is 21.1. The number of methoxy groups -OCH3 is 1. The summed E-state index contributed by atoms with van der Waals surface area (Å²) in [7, 11) is 1.60. The number of nitrogens with one attached hydrogen (secondary N) is 1. The highest BCUT2D eigenvalue weighted by atomic mass is 35.5. The molecule has 2 heterocycles. The van der Waals surface area contributed by atoms with E-state index in [-0.39, 0.29) is 24.0 Å². The van der Waals surface area contributed by atoms with Crippen molar-refractivity contribution in [2.24, 2.45) is 0 Å². The second-order valence-corrected chi connectivity index (χ2v) is 10.2. The minimum Gasteiger partial charge on any atom is -0.497 e. The van der Waals surface area contributed by atoms with E-state index in [1.807, 2.05) is 34.5 Å². The van der Waals surface area contributed by atoms with Gasteiger partial charge in [-0.25, -0.2) is 4.98 Å². The van der Waals surface area contributed by atoms with Crippen LogP contribution in [0.25, 0.3) is 0 Å². The fourth-order valence-corrected chi connectivity index (χ4v) is 5.42. The third-order valence-electron chi connectivity index (χ3n) is 5.37. The molecule has 1 aliphatic heterocycles. The molecule has 0 aliphatic carbocycles. The van der Waals surface area contributed by atoms with Gasteiger partial charge in [0, 0.05) is 48.0 Å². The molecule has 1 N–H and O–H groups in total. The fraction of sp³-hybridized carbons (Fsp3) is 0.292. The molecule has 1 aliphatic rings. The Kier molecular flexibility index (Phi) is 8.31. The van der Waals surface area contributed by atoms with Gasteiger partial charge in [0.2, 0.25) is 11.8 Å². The van der Waals surface area contributed by atoms with Crippen molar-refractivity contribution in [3.05, 3.63) is 64.6 Å². The van der Waals surface area contributed by atoms with Gasteiger partial charge < -0.3 is 19.9 Å². The molecule has 2 aromatic carbocycles. The molecule has 1 aromatic heterocycles. The summed E-state index contributed by atoms with van der Waals surface area (Å²) in [5, 5.41) is 5.46. The number of ether oxygens (including phenoxy) is 1. The van der Waals surface area contributed by atoms with Crippen molar-refractivity contribution in [2.75, 3.05) is 49.3 Å². The van der Waals surface area contributed by atoms with Crippen molar-refractivity contribution in [1.29, 1.82) is 0 Å². The number of thioether (sulfide) groups is 1. The molecular formula is C24H25ClN4O3S2. The maximum Gasteiger partial charge on any atom is 0.234 e.